The van der Waals surface area contributed by atoms with Gasteiger partial charge in [-0.15, -0.1) is 11.8 Å². The molecule has 4 heteroatoms. The smallest absolute Gasteiger partial charge is 0.0867 e. The van der Waals surface area contributed by atoms with E-state index in [1.807, 2.05) is 13.8 Å². The van der Waals surface area contributed by atoms with Gasteiger partial charge < -0.3 is 15.2 Å². The van der Waals surface area contributed by atoms with Gasteiger partial charge in [-0.3, -0.25) is 0 Å². The fourth-order valence-corrected chi connectivity index (χ4v) is 2.77. The normalized spacial score (nSPS) is 14.4. The number of rotatable bonds is 10. The maximum absolute atomic E-state index is 9.90. The molecule has 2 atom stereocenters. The van der Waals surface area contributed by atoms with E-state index in [-0.39, 0.29) is 6.10 Å². The Hall–Kier alpha value is -0.550. The molecule has 0 saturated heterocycles. The van der Waals surface area contributed by atoms with Gasteiger partial charge >= 0.3 is 0 Å². The van der Waals surface area contributed by atoms with Crippen molar-refractivity contribution in [1.82, 2.24) is 5.32 Å². The molecule has 1 aromatic rings. The second-order valence-corrected chi connectivity index (χ2v) is 6.69. The van der Waals surface area contributed by atoms with E-state index in [1.165, 1.54) is 10.5 Å². The third-order valence-corrected chi connectivity index (χ3v) is 4.26. The molecule has 0 heterocycles. The van der Waals surface area contributed by atoms with Crippen molar-refractivity contribution < 1.29 is 9.84 Å². The van der Waals surface area contributed by atoms with Gasteiger partial charge in [0, 0.05) is 16.7 Å². The zero-order valence-corrected chi connectivity index (χ0v) is 14.5. The van der Waals surface area contributed by atoms with Crippen LogP contribution in [-0.2, 0) is 4.74 Å². The van der Waals surface area contributed by atoms with E-state index in [9.17, 15) is 5.11 Å². The van der Waals surface area contributed by atoms with Gasteiger partial charge in [0.05, 0.1) is 18.8 Å². The monoisotopic (exact) mass is 311 g/mol. The highest BCUT2D eigenvalue weighted by Crippen LogP contribution is 2.23. The van der Waals surface area contributed by atoms with Gasteiger partial charge in [-0.2, -0.15) is 0 Å². The van der Waals surface area contributed by atoms with Crippen LogP contribution < -0.4 is 5.32 Å². The van der Waals surface area contributed by atoms with E-state index >= 15 is 0 Å². The summed E-state index contributed by atoms with van der Waals surface area (Å²) in [6.07, 6.45) is 0.885. The van der Waals surface area contributed by atoms with Crippen LogP contribution in [0.15, 0.2) is 29.2 Å². The Labute approximate surface area is 133 Å². The zero-order chi connectivity index (χ0) is 15.7. The first-order valence-corrected chi connectivity index (χ1v) is 8.77. The zero-order valence-electron chi connectivity index (χ0n) is 13.6. The van der Waals surface area contributed by atoms with Crippen molar-refractivity contribution in [2.45, 2.75) is 57.3 Å². The molecule has 0 bridgehead atoms. The summed E-state index contributed by atoms with van der Waals surface area (Å²) in [6, 6.07) is 8.89. The van der Waals surface area contributed by atoms with E-state index in [0.717, 1.165) is 13.0 Å². The minimum atomic E-state index is -0.420. The highest BCUT2D eigenvalue weighted by atomic mass is 32.2. The minimum absolute atomic E-state index is 0.165. The van der Waals surface area contributed by atoms with Crippen LogP contribution >= 0.6 is 11.8 Å². The van der Waals surface area contributed by atoms with Crippen LogP contribution in [0.25, 0.3) is 0 Å². The summed E-state index contributed by atoms with van der Waals surface area (Å²) in [6.45, 7) is 9.75. The predicted octanol–water partition coefficient (Wildman–Crippen LogP) is 3.63. The van der Waals surface area contributed by atoms with Crippen LogP contribution in [0.2, 0.25) is 0 Å². The number of aliphatic hydroxyl groups excluding tert-OH is 1. The molecule has 0 amide bonds. The molecule has 0 aromatic heterocycles. The maximum Gasteiger partial charge on any atom is 0.0867 e. The number of nitrogens with one attached hydrogen (secondary N) is 1. The summed E-state index contributed by atoms with van der Waals surface area (Å²) in [5, 5.41) is 13.4. The van der Waals surface area contributed by atoms with Crippen molar-refractivity contribution in [1.29, 1.82) is 0 Å². The minimum Gasteiger partial charge on any atom is -0.390 e. The van der Waals surface area contributed by atoms with Gasteiger partial charge in [0.2, 0.25) is 0 Å². The van der Waals surface area contributed by atoms with Gasteiger partial charge in [0.15, 0.2) is 0 Å². The number of thioether (sulfide) groups is 1. The molecule has 1 aromatic carbocycles. The predicted molar refractivity (Wildman–Crippen MR) is 91.0 cm³/mol. The number of aliphatic hydroxyl groups is 1. The summed E-state index contributed by atoms with van der Waals surface area (Å²) < 4.78 is 5.42. The van der Waals surface area contributed by atoms with Crippen LogP contribution in [0.1, 0.15) is 45.7 Å². The average Bonchev–Trinajstić information content (AvgIpc) is 2.48. The molecule has 0 radical (unpaired) electrons. The number of hydrogen-bond acceptors (Lipinski definition) is 4. The Morgan fingerprint density at radius 3 is 2.71 bits per heavy atom. The molecule has 2 N–H and O–H groups in total. The highest BCUT2D eigenvalue weighted by molar-refractivity contribution is 7.99. The van der Waals surface area contributed by atoms with Crippen molar-refractivity contribution >= 4 is 11.8 Å². The molecule has 21 heavy (non-hydrogen) atoms. The summed E-state index contributed by atoms with van der Waals surface area (Å²) >= 11 is 1.68. The van der Waals surface area contributed by atoms with Crippen LogP contribution in [-0.4, -0.2) is 36.2 Å². The van der Waals surface area contributed by atoms with Crippen LogP contribution in [0.3, 0.4) is 0 Å². The van der Waals surface area contributed by atoms with E-state index < -0.39 is 6.10 Å². The Kier molecular flexibility index (Phi) is 9.00. The van der Waals surface area contributed by atoms with Crippen molar-refractivity contribution in [2.75, 3.05) is 18.9 Å². The molecule has 0 aliphatic carbocycles. The Bertz CT molecular complexity index is 398. The Balaban J connectivity index is 2.45. The Morgan fingerprint density at radius 2 is 2.05 bits per heavy atom. The summed E-state index contributed by atoms with van der Waals surface area (Å²) in [5.74, 6) is 0.660. The van der Waals surface area contributed by atoms with Gasteiger partial charge in [-0.05, 0) is 51.4 Å². The third-order valence-electron chi connectivity index (χ3n) is 3.12. The Morgan fingerprint density at radius 1 is 1.29 bits per heavy atom. The summed E-state index contributed by atoms with van der Waals surface area (Å²) in [7, 11) is 0. The van der Waals surface area contributed by atoms with Gasteiger partial charge in [-0.25, -0.2) is 0 Å². The number of benzene rings is 1. The fourth-order valence-electron chi connectivity index (χ4n) is 1.90. The maximum atomic E-state index is 9.90. The number of ether oxygens (including phenoxy) is 1. The molecule has 0 saturated carbocycles. The van der Waals surface area contributed by atoms with Crippen LogP contribution in [0.4, 0.5) is 0 Å². The second kappa shape index (κ2) is 10.2. The molecule has 0 spiro atoms. The summed E-state index contributed by atoms with van der Waals surface area (Å²) in [5.41, 5.74) is 1.29. The number of hydrogen-bond donors (Lipinski definition) is 2. The van der Waals surface area contributed by atoms with Crippen molar-refractivity contribution in [3.63, 3.8) is 0 Å². The van der Waals surface area contributed by atoms with E-state index in [2.05, 4.69) is 43.4 Å². The lowest BCUT2D eigenvalue weighted by molar-refractivity contribution is 0.0152. The first-order valence-electron chi connectivity index (χ1n) is 7.78. The topological polar surface area (TPSA) is 41.5 Å². The van der Waals surface area contributed by atoms with Crippen LogP contribution in [0, 0.1) is 0 Å². The molecule has 0 aliphatic heterocycles. The van der Waals surface area contributed by atoms with E-state index in [1.54, 1.807) is 11.8 Å². The fraction of sp³-hybridized carbons (Fsp3) is 0.647. The molecule has 120 valence electrons. The first-order chi connectivity index (χ1) is 10.0. The lowest BCUT2D eigenvalue weighted by atomic mass is 10.1. The standard InChI is InChI=1S/C17H29NO2S/c1-5-9-18-14(4)15-7-6-8-17(10-15)21-12-16(19)11-20-13(2)3/h6-8,10,13-14,16,18-19H,5,9,11-12H2,1-4H3. The van der Waals surface area contributed by atoms with Crippen LogP contribution in [0.5, 0.6) is 0 Å². The molecule has 0 aliphatic rings. The van der Waals surface area contributed by atoms with Gasteiger partial charge in [0.25, 0.3) is 0 Å². The molecular weight excluding hydrogens is 282 g/mol. The lowest BCUT2D eigenvalue weighted by Crippen LogP contribution is -2.20. The second-order valence-electron chi connectivity index (χ2n) is 5.60. The molecule has 2 unspecified atom stereocenters. The summed E-state index contributed by atoms with van der Waals surface area (Å²) in [4.78, 5) is 1.20. The molecule has 3 nitrogen and oxygen atoms in total. The SMILES string of the molecule is CCCNC(C)c1cccc(SCC(O)COC(C)C)c1. The van der Waals surface area contributed by atoms with Gasteiger partial charge in [0.1, 0.15) is 0 Å². The van der Waals surface area contributed by atoms with Crippen molar-refractivity contribution in [3.8, 4) is 0 Å². The highest BCUT2D eigenvalue weighted by Gasteiger charge is 2.09. The van der Waals surface area contributed by atoms with Crippen molar-refractivity contribution in [2.24, 2.45) is 0 Å². The average molecular weight is 311 g/mol. The third kappa shape index (κ3) is 7.86. The van der Waals surface area contributed by atoms with Crippen molar-refractivity contribution in [3.05, 3.63) is 29.8 Å². The largest absolute Gasteiger partial charge is 0.390 e. The van der Waals surface area contributed by atoms with E-state index in [4.69, 9.17) is 4.74 Å². The molecular formula is C17H29NO2S. The van der Waals surface area contributed by atoms with E-state index in [0.29, 0.717) is 18.4 Å². The van der Waals surface area contributed by atoms with Gasteiger partial charge in [-0.1, -0.05) is 19.1 Å². The molecule has 0 fully saturated rings. The lowest BCUT2D eigenvalue weighted by Gasteiger charge is -2.16. The quantitative estimate of drug-likeness (QED) is 0.648. The molecule has 1 rings (SSSR count). The first kappa shape index (κ1) is 18.5.